The Bertz CT molecular complexity index is 1460. The molecule has 2 heteroatoms. The molecule has 0 aromatic carbocycles. The van der Waals surface area contributed by atoms with Gasteiger partial charge < -0.3 is 10.2 Å². The lowest BCUT2D eigenvalue weighted by molar-refractivity contribution is 0.154. The van der Waals surface area contributed by atoms with Crippen LogP contribution in [0.3, 0.4) is 0 Å². The van der Waals surface area contributed by atoms with Crippen molar-refractivity contribution in [1.82, 2.24) is 0 Å². The zero-order valence-corrected chi connectivity index (χ0v) is 34.8. The highest BCUT2D eigenvalue weighted by Crippen LogP contribution is 2.48. The molecule has 4 unspecified atom stereocenters. The van der Waals surface area contributed by atoms with E-state index < -0.39 is 0 Å². The molecule has 0 bridgehead atoms. The minimum absolute atomic E-state index is 0.144. The van der Waals surface area contributed by atoms with E-state index >= 15 is 0 Å². The monoisotopic (exact) mass is 705 g/mol. The van der Waals surface area contributed by atoms with Crippen molar-refractivity contribution < 1.29 is 10.2 Å². The van der Waals surface area contributed by atoms with E-state index in [-0.39, 0.29) is 24.0 Å². The zero-order valence-electron chi connectivity index (χ0n) is 34.8. The molecule has 2 rings (SSSR count). The van der Waals surface area contributed by atoms with Crippen LogP contribution < -0.4 is 0 Å². The van der Waals surface area contributed by atoms with Crippen molar-refractivity contribution in [3.63, 3.8) is 0 Å². The highest BCUT2D eigenvalue weighted by atomic mass is 16.3. The molecule has 2 nitrogen and oxygen atoms in total. The second-order valence-corrected chi connectivity index (χ2v) is 16.7. The topological polar surface area (TPSA) is 40.5 Å². The third-order valence-corrected chi connectivity index (χ3v) is 11.5. The first-order chi connectivity index (χ1) is 24.5. The molecule has 0 heterocycles. The predicted molar refractivity (Wildman–Crippen MR) is 230 cm³/mol. The first-order valence-electron chi connectivity index (χ1n) is 19.5. The number of hydrogen-bond acceptors (Lipinski definition) is 2. The quantitative estimate of drug-likeness (QED) is 0.124. The molecule has 2 N–H and O–H groups in total. The molecule has 0 saturated heterocycles. The molecule has 284 valence electrons. The minimum atomic E-state index is 0.144. The fourth-order valence-electron chi connectivity index (χ4n) is 7.45. The van der Waals surface area contributed by atoms with Gasteiger partial charge in [-0.15, -0.1) is 0 Å². The third kappa shape index (κ3) is 14.5. The van der Waals surface area contributed by atoms with Crippen LogP contribution in [0.2, 0.25) is 0 Å². The van der Waals surface area contributed by atoms with E-state index in [2.05, 4.69) is 179 Å². The van der Waals surface area contributed by atoms with Gasteiger partial charge in [-0.1, -0.05) is 182 Å². The lowest BCUT2D eigenvalue weighted by Crippen LogP contribution is -2.35. The van der Waals surface area contributed by atoms with Gasteiger partial charge in [0.25, 0.3) is 0 Å². The standard InChI is InChI=1S/C50H72O2/c1-37(19-15-21-39(3)25-33-47-43(7)27-31-45(49(47,9)10)29-23-41(5)35-51)17-13-14-18-38(2)20-16-22-40(4)26-34-48-44(8)28-32-46(50(48,11)12)30-24-42(6)36-52/h13-28,33-34,45-48,51-52H,29-32,35-36H2,1-12H3. The highest BCUT2D eigenvalue weighted by Gasteiger charge is 2.39. The molecular formula is C50H72O2. The van der Waals surface area contributed by atoms with Crippen molar-refractivity contribution in [2.24, 2.45) is 34.5 Å². The molecule has 0 radical (unpaired) electrons. The van der Waals surface area contributed by atoms with Crippen LogP contribution in [-0.2, 0) is 0 Å². The minimum Gasteiger partial charge on any atom is -0.392 e. The van der Waals surface area contributed by atoms with Gasteiger partial charge in [-0.3, -0.25) is 0 Å². The van der Waals surface area contributed by atoms with Crippen molar-refractivity contribution in [3.05, 3.63) is 154 Å². The van der Waals surface area contributed by atoms with Crippen LogP contribution in [-0.4, -0.2) is 23.4 Å². The molecule has 0 saturated carbocycles. The summed E-state index contributed by atoms with van der Waals surface area (Å²) in [7, 11) is 0. The van der Waals surface area contributed by atoms with Crippen molar-refractivity contribution in [2.75, 3.05) is 13.2 Å². The molecule has 2 aliphatic rings. The maximum atomic E-state index is 9.41. The molecule has 0 aromatic heterocycles. The van der Waals surface area contributed by atoms with E-state index in [1.807, 2.05) is 13.8 Å². The highest BCUT2D eigenvalue weighted by molar-refractivity contribution is 5.33. The first-order valence-corrected chi connectivity index (χ1v) is 19.5. The summed E-state index contributed by atoms with van der Waals surface area (Å²) in [5.41, 5.74) is 10.2. The summed E-state index contributed by atoms with van der Waals surface area (Å²) >= 11 is 0. The van der Waals surface area contributed by atoms with Gasteiger partial charge >= 0.3 is 0 Å². The van der Waals surface area contributed by atoms with Crippen LogP contribution in [0.1, 0.15) is 109 Å². The van der Waals surface area contributed by atoms with Gasteiger partial charge in [0.05, 0.1) is 13.2 Å². The van der Waals surface area contributed by atoms with Crippen LogP contribution in [0, 0.1) is 34.5 Å². The third-order valence-electron chi connectivity index (χ3n) is 11.5. The second kappa shape index (κ2) is 21.9. The van der Waals surface area contributed by atoms with E-state index in [0.29, 0.717) is 23.7 Å². The first kappa shape index (κ1) is 44.7. The number of aliphatic hydroxyl groups is 2. The molecule has 52 heavy (non-hydrogen) atoms. The maximum absolute atomic E-state index is 9.41. The van der Waals surface area contributed by atoms with Crippen LogP contribution in [0.5, 0.6) is 0 Å². The van der Waals surface area contributed by atoms with Gasteiger partial charge in [-0.2, -0.15) is 0 Å². The summed E-state index contributed by atoms with van der Waals surface area (Å²) in [6, 6.07) is 0. The number of aliphatic hydroxyl groups excluding tert-OH is 2. The van der Waals surface area contributed by atoms with E-state index in [0.717, 1.165) is 36.8 Å². The summed E-state index contributed by atoms with van der Waals surface area (Å²) < 4.78 is 0. The predicted octanol–water partition coefficient (Wildman–Crippen LogP) is 13.4. The van der Waals surface area contributed by atoms with Crippen LogP contribution >= 0.6 is 0 Å². The molecule has 0 spiro atoms. The molecule has 0 amide bonds. The Kier molecular flexibility index (Phi) is 18.8. The summed E-state index contributed by atoms with van der Waals surface area (Å²) in [5.74, 6) is 1.94. The molecule has 0 fully saturated rings. The van der Waals surface area contributed by atoms with Gasteiger partial charge in [0.15, 0.2) is 0 Å². The number of allylic oxidation sites excluding steroid dienone is 24. The van der Waals surface area contributed by atoms with Gasteiger partial charge in [0.2, 0.25) is 0 Å². The van der Waals surface area contributed by atoms with Crippen molar-refractivity contribution in [3.8, 4) is 0 Å². The molecule has 0 aromatic rings. The average molecular weight is 705 g/mol. The van der Waals surface area contributed by atoms with E-state index in [1.54, 1.807) is 0 Å². The average Bonchev–Trinajstić information content (AvgIpc) is 3.08. The Labute approximate surface area is 319 Å². The largest absolute Gasteiger partial charge is 0.392 e. The normalized spacial score (nSPS) is 25.7. The molecule has 4 atom stereocenters. The molecule has 0 aliphatic heterocycles. The lowest BCUT2D eigenvalue weighted by atomic mass is 9.61. The van der Waals surface area contributed by atoms with Gasteiger partial charge in [-0.25, -0.2) is 0 Å². The fraction of sp³-hybridized carbons (Fsp3) is 0.480. The van der Waals surface area contributed by atoms with Crippen molar-refractivity contribution in [2.45, 2.75) is 109 Å². The van der Waals surface area contributed by atoms with Crippen molar-refractivity contribution >= 4 is 0 Å². The Hall–Kier alpha value is -3.46. The Morgan fingerprint density at radius 3 is 1.23 bits per heavy atom. The Balaban J connectivity index is 1.94. The van der Waals surface area contributed by atoms with E-state index in [4.69, 9.17) is 0 Å². The fourth-order valence-corrected chi connectivity index (χ4v) is 7.45. The van der Waals surface area contributed by atoms with Gasteiger partial charge in [0, 0.05) is 11.8 Å². The SMILES string of the molecule is CC(C=CC=C(C)C=CC1C(C)=CCC(CC=C(C)CO)C1(C)C)=CC=CC=C(C)C=CC=C(C)C=CC1C(C)=CCC(CC=C(C)CO)C1(C)C. The summed E-state index contributed by atoms with van der Waals surface area (Å²) in [5, 5.41) is 18.8. The molecular weight excluding hydrogens is 633 g/mol. The molecule has 2 aliphatic carbocycles. The maximum Gasteiger partial charge on any atom is 0.0639 e. The van der Waals surface area contributed by atoms with Crippen molar-refractivity contribution in [1.29, 1.82) is 0 Å². The van der Waals surface area contributed by atoms with Crippen LogP contribution in [0.4, 0.5) is 0 Å². The zero-order chi connectivity index (χ0) is 38.9. The van der Waals surface area contributed by atoms with E-state index in [1.165, 1.54) is 33.4 Å². The van der Waals surface area contributed by atoms with E-state index in [9.17, 15) is 10.2 Å². The van der Waals surface area contributed by atoms with Gasteiger partial charge in [0.1, 0.15) is 0 Å². The van der Waals surface area contributed by atoms with Gasteiger partial charge in [-0.05, 0) is 104 Å². The smallest absolute Gasteiger partial charge is 0.0639 e. The van der Waals surface area contributed by atoms with Crippen LogP contribution in [0.15, 0.2) is 154 Å². The summed E-state index contributed by atoms with van der Waals surface area (Å²) in [6.45, 7) is 27.0. The number of rotatable bonds is 16. The Morgan fingerprint density at radius 1 is 0.558 bits per heavy atom. The lowest BCUT2D eigenvalue weighted by Gasteiger charge is -2.43. The van der Waals surface area contributed by atoms with Crippen LogP contribution in [0.25, 0.3) is 0 Å². The second-order valence-electron chi connectivity index (χ2n) is 16.7. The summed E-state index contributed by atoms with van der Waals surface area (Å²) in [4.78, 5) is 0. The number of hydrogen-bond donors (Lipinski definition) is 2. The summed E-state index contributed by atoms with van der Waals surface area (Å²) in [6.07, 6.45) is 44.2. The Morgan fingerprint density at radius 2 is 0.885 bits per heavy atom.